The Balaban J connectivity index is 1.29. The first-order chi connectivity index (χ1) is 16.4. The van der Waals surface area contributed by atoms with E-state index in [1.54, 1.807) is 36.4 Å². The number of allylic oxidation sites excluding steroid dienone is 1. The summed E-state index contributed by atoms with van der Waals surface area (Å²) in [6, 6.07) is 13.7. The molecule has 2 heterocycles. The van der Waals surface area contributed by atoms with Crippen LogP contribution >= 0.6 is 11.7 Å². The number of aromatic nitrogens is 4. The third kappa shape index (κ3) is 5.04. The molecule has 0 aliphatic carbocycles. The Hall–Kier alpha value is -3.86. The number of hydrogen-bond donors (Lipinski definition) is 3. The van der Waals surface area contributed by atoms with Crippen molar-refractivity contribution in [1.82, 2.24) is 23.4 Å². The van der Waals surface area contributed by atoms with Crippen molar-refractivity contribution in [3.63, 3.8) is 0 Å². The number of nitrogens with one attached hydrogen (secondary N) is 2. The van der Waals surface area contributed by atoms with Crippen molar-refractivity contribution in [2.75, 3.05) is 13.2 Å². The number of rotatable bonds is 9. The molecule has 4 aromatic rings. The van der Waals surface area contributed by atoms with E-state index in [-0.39, 0.29) is 35.7 Å². The standard InChI is InChI=1S/C21H18N6O5S2/c22-11-13(21-24-14-5-1-2-6-15(14)25-21)17(28)12-32-19(29)9-4-10-23-34(30,31)18-8-3-7-16-20(18)27-33-26-16/h1-3,5-8,23,28H,4,9-10,12H2,(H,24,25)/b17-13-. The molecule has 4 rings (SSSR count). The molecule has 0 aliphatic rings. The Morgan fingerprint density at radius 2 is 1.97 bits per heavy atom. The molecule has 0 radical (unpaired) electrons. The third-order valence-corrected chi connectivity index (χ3v) is 6.82. The van der Waals surface area contributed by atoms with Crippen LogP contribution in [0.4, 0.5) is 0 Å². The number of nitrogens with zero attached hydrogens (tertiary/aromatic N) is 4. The molecule has 11 nitrogen and oxygen atoms in total. The molecule has 0 spiro atoms. The normalized spacial score (nSPS) is 12.4. The molecule has 34 heavy (non-hydrogen) atoms. The molecule has 0 fully saturated rings. The van der Waals surface area contributed by atoms with Gasteiger partial charge in [-0.3, -0.25) is 4.79 Å². The molecule has 0 saturated carbocycles. The molecule has 3 N–H and O–H groups in total. The number of benzene rings is 2. The van der Waals surface area contributed by atoms with Crippen molar-refractivity contribution in [2.24, 2.45) is 0 Å². The minimum Gasteiger partial charge on any atom is -0.507 e. The minimum atomic E-state index is -3.83. The van der Waals surface area contributed by atoms with Crippen LogP contribution in [0.25, 0.3) is 27.6 Å². The third-order valence-electron chi connectivity index (χ3n) is 4.78. The molecule has 0 atom stereocenters. The van der Waals surface area contributed by atoms with E-state index in [4.69, 9.17) is 4.74 Å². The Labute approximate surface area is 198 Å². The lowest BCUT2D eigenvalue weighted by molar-refractivity contribution is -0.143. The largest absolute Gasteiger partial charge is 0.507 e. The van der Waals surface area contributed by atoms with Crippen molar-refractivity contribution in [2.45, 2.75) is 17.7 Å². The van der Waals surface area contributed by atoms with Gasteiger partial charge in [0.1, 0.15) is 34.2 Å². The van der Waals surface area contributed by atoms with Crippen LogP contribution < -0.4 is 4.72 Å². The van der Waals surface area contributed by atoms with E-state index >= 15 is 0 Å². The number of aromatic amines is 1. The summed E-state index contributed by atoms with van der Waals surface area (Å²) in [5.41, 5.74) is 1.96. The highest BCUT2D eigenvalue weighted by molar-refractivity contribution is 7.89. The summed E-state index contributed by atoms with van der Waals surface area (Å²) >= 11 is 0.923. The molecular weight excluding hydrogens is 480 g/mol. The van der Waals surface area contributed by atoms with Gasteiger partial charge in [-0.05, 0) is 30.7 Å². The van der Waals surface area contributed by atoms with Crippen LogP contribution in [0.1, 0.15) is 18.7 Å². The summed E-state index contributed by atoms with van der Waals surface area (Å²) in [5, 5.41) is 19.6. The first-order valence-corrected chi connectivity index (χ1v) is 12.2. The monoisotopic (exact) mass is 498 g/mol. The number of aliphatic hydroxyl groups is 1. The van der Waals surface area contributed by atoms with Crippen molar-refractivity contribution in [1.29, 1.82) is 5.26 Å². The van der Waals surface area contributed by atoms with Gasteiger partial charge in [0, 0.05) is 13.0 Å². The number of aliphatic hydroxyl groups excluding tert-OH is 1. The summed E-state index contributed by atoms with van der Waals surface area (Å²) < 4.78 is 40.6. The summed E-state index contributed by atoms with van der Waals surface area (Å²) in [6.07, 6.45) is 0.0767. The molecule has 0 unspecified atom stereocenters. The molecule has 174 valence electrons. The molecule has 0 aliphatic heterocycles. The zero-order chi connectivity index (χ0) is 24.1. The fourth-order valence-corrected chi connectivity index (χ4v) is 4.97. The van der Waals surface area contributed by atoms with Gasteiger partial charge in [-0.15, -0.1) is 0 Å². The maximum absolute atomic E-state index is 12.5. The second-order valence-corrected chi connectivity index (χ2v) is 9.35. The molecule has 0 saturated heterocycles. The average molecular weight is 499 g/mol. The van der Waals surface area contributed by atoms with Gasteiger partial charge in [-0.2, -0.15) is 14.0 Å². The van der Waals surface area contributed by atoms with Crippen molar-refractivity contribution in [3.05, 3.63) is 54.0 Å². The number of carbonyl (C=O) groups excluding carboxylic acids is 1. The van der Waals surface area contributed by atoms with Gasteiger partial charge in [0.25, 0.3) is 0 Å². The zero-order valence-corrected chi connectivity index (χ0v) is 19.2. The molecule has 13 heteroatoms. The van der Waals surface area contributed by atoms with Gasteiger partial charge in [-0.1, -0.05) is 18.2 Å². The number of fused-ring (bicyclic) bond motifs is 2. The molecule has 0 amide bonds. The summed E-state index contributed by atoms with van der Waals surface area (Å²) in [7, 11) is -3.83. The van der Waals surface area contributed by atoms with Crippen LogP contribution in [0.2, 0.25) is 0 Å². The summed E-state index contributed by atoms with van der Waals surface area (Å²) in [4.78, 5) is 19.2. The predicted octanol–water partition coefficient (Wildman–Crippen LogP) is 2.66. The smallest absolute Gasteiger partial charge is 0.306 e. The lowest BCUT2D eigenvalue weighted by Crippen LogP contribution is -2.25. The number of esters is 1. The van der Waals surface area contributed by atoms with E-state index in [1.807, 2.05) is 6.07 Å². The Bertz CT molecular complexity index is 1500. The van der Waals surface area contributed by atoms with E-state index in [9.17, 15) is 23.6 Å². The molecular formula is C21H18N6O5S2. The SMILES string of the molecule is N#C/C(=C(/O)COC(=O)CCCNS(=O)(=O)c1cccc2nsnc12)c1nc2ccccc2[nH]1. The van der Waals surface area contributed by atoms with Crippen LogP contribution in [-0.4, -0.2) is 51.4 Å². The Morgan fingerprint density at radius 3 is 2.76 bits per heavy atom. The number of nitriles is 1. The van der Waals surface area contributed by atoms with Gasteiger partial charge in [0.2, 0.25) is 10.0 Å². The van der Waals surface area contributed by atoms with Crippen LogP contribution in [0, 0.1) is 11.3 Å². The molecule has 2 aromatic heterocycles. The first-order valence-electron chi connectivity index (χ1n) is 10.0. The van der Waals surface area contributed by atoms with E-state index in [0.717, 1.165) is 11.7 Å². The number of imidazole rings is 1. The van der Waals surface area contributed by atoms with Gasteiger partial charge >= 0.3 is 5.97 Å². The number of ether oxygens (including phenoxy) is 1. The minimum absolute atomic E-state index is 0.00433. The average Bonchev–Trinajstić information content (AvgIpc) is 3.47. The van der Waals surface area contributed by atoms with Crippen molar-refractivity contribution in [3.8, 4) is 6.07 Å². The van der Waals surface area contributed by atoms with Crippen LogP contribution in [-0.2, 0) is 19.6 Å². The highest BCUT2D eigenvalue weighted by Crippen LogP contribution is 2.21. The molecule has 0 bridgehead atoms. The fraction of sp³-hybridized carbons (Fsp3) is 0.190. The topological polar surface area (TPSA) is 171 Å². The van der Waals surface area contributed by atoms with E-state index < -0.39 is 28.4 Å². The van der Waals surface area contributed by atoms with E-state index in [0.29, 0.717) is 22.1 Å². The zero-order valence-electron chi connectivity index (χ0n) is 17.6. The fourth-order valence-electron chi connectivity index (χ4n) is 3.13. The van der Waals surface area contributed by atoms with Crippen molar-refractivity contribution >= 4 is 55.4 Å². The number of carbonyl (C=O) groups is 1. The lowest BCUT2D eigenvalue weighted by atomic mass is 10.2. The first kappa shape index (κ1) is 23.3. The maximum Gasteiger partial charge on any atom is 0.306 e. The van der Waals surface area contributed by atoms with Crippen molar-refractivity contribution < 1.29 is 23.1 Å². The van der Waals surface area contributed by atoms with Gasteiger partial charge in [0.15, 0.2) is 11.6 Å². The summed E-state index contributed by atoms with van der Waals surface area (Å²) in [5.74, 6) is -0.934. The predicted molar refractivity (Wildman–Crippen MR) is 124 cm³/mol. The van der Waals surface area contributed by atoms with E-state index in [2.05, 4.69) is 23.4 Å². The maximum atomic E-state index is 12.5. The van der Waals surface area contributed by atoms with Gasteiger partial charge in [-0.25, -0.2) is 18.1 Å². The van der Waals surface area contributed by atoms with E-state index in [1.165, 1.54) is 6.07 Å². The van der Waals surface area contributed by atoms with Gasteiger partial charge in [0.05, 0.1) is 22.8 Å². The number of para-hydroxylation sites is 2. The highest BCUT2D eigenvalue weighted by Gasteiger charge is 2.19. The lowest BCUT2D eigenvalue weighted by Gasteiger charge is -2.08. The Kier molecular flexibility index (Phi) is 6.82. The second kappa shape index (κ2) is 9.96. The summed E-state index contributed by atoms with van der Waals surface area (Å²) in [6.45, 7) is -0.515. The quantitative estimate of drug-likeness (QED) is 0.136. The number of hydrogen-bond acceptors (Lipinski definition) is 10. The highest BCUT2D eigenvalue weighted by atomic mass is 32.2. The van der Waals surface area contributed by atoms with Crippen LogP contribution in [0.15, 0.2) is 53.1 Å². The molecule has 2 aromatic carbocycles. The number of H-pyrrole nitrogens is 1. The van der Waals surface area contributed by atoms with Gasteiger partial charge < -0.3 is 14.8 Å². The van der Waals surface area contributed by atoms with Crippen LogP contribution in [0.3, 0.4) is 0 Å². The second-order valence-electron chi connectivity index (χ2n) is 7.09. The van der Waals surface area contributed by atoms with Crippen LogP contribution in [0.5, 0.6) is 0 Å². The number of sulfonamides is 1. The Morgan fingerprint density at radius 1 is 1.18 bits per heavy atom.